The minimum absolute atomic E-state index is 0.00333. The van der Waals surface area contributed by atoms with Gasteiger partial charge in [-0.1, -0.05) is 54.6 Å². The molecule has 0 aliphatic heterocycles. The van der Waals surface area contributed by atoms with E-state index in [-0.39, 0.29) is 17.7 Å². The Bertz CT molecular complexity index is 1110. The molecule has 0 radical (unpaired) electrons. The number of benzene rings is 2. The third-order valence-electron chi connectivity index (χ3n) is 5.85. The molecule has 4 unspecified atom stereocenters. The van der Waals surface area contributed by atoms with E-state index in [1.807, 2.05) is 41.8 Å². The maximum atomic E-state index is 12.8. The first kappa shape index (κ1) is 17.1. The minimum atomic E-state index is -0.896. The number of rotatable bonds is 4. The number of aliphatic carboxylic acids is 1. The number of carbonyl (C=O) groups is 2. The third-order valence-corrected chi connectivity index (χ3v) is 6.60. The van der Waals surface area contributed by atoms with Crippen LogP contribution in [0.4, 0.5) is 5.13 Å². The largest absolute Gasteiger partial charge is 0.481 e. The number of anilines is 1. The predicted molar refractivity (Wildman–Crippen MR) is 109 cm³/mol. The number of thiazole rings is 1. The molecule has 1 heterocycles. The van der Waals surface area contributed by atoms with Crippen LogP contribution in [0.3, 0.4) is 0 Å². The molecule has 2 bridgehead atoms. The van der Waals surface area contributed by atoms with Crippen LogP contribution in [-0.4, -0.2) is 22.0 Å². The van der Waals surface area contributed by atoms with Gasteiger partial charge < -0.3 is 10.4 Å². The molecular formula is C22H18N2O3S. The third kappa shape index (κ3) is 2.72. The smallest absolute Gasteiger partial charge is 0.307 e. The molecule has 0 saturated heterocycles. The monoisotopic (exact) mass is 390 g/mol. The van der Waals surface area contributed by atoms with E-state index in [9.17, 15) is 14.7 Å². The van der Waals surface area contributed by atoms with Crippen molar-refractivity contribution in [1.82, 2.24) is 4.98 Å². The number of hydrogen-bond acceptors (Lipinski definition) is 4. The zero-order chi connectivity index (χ0) is 19.3. The lowest BCUT2D eigenvalue weighted by atomic mass is 9.82. The molecule has 5 rings (SSSR count). The number of fused-ring (bicyclic) bond motifs is 3. The Balaban J connectivity index is 1.40. The van der Waals surface area contributed by atoms with Gasteiger partial charge in [-0.3, -0.25) is 9.59 Å². The number of carboxylic acids is 1. The van der Waals surface area contributed by atoms with Gasteiger partial charge in [0.2, 0.25) is 5.91 Å². The molecular weight excluding hydrogens is 372 g/mol. The first-order valence-corrected chi connectivity index (χ1v) is 10.2. The highest BCUT2D eigenvalue weighted by Crippen LogP contribution is 2.48. The Morgan fingerprint density at radius 3 is 2.61 bits per heavy atom. The van der Waals surface area contributed by atoms with Crippen LogP contribution >= 0.6 is 11.3 Å². The molecule has 5 nitrogen and oxygen atoms in total. The Morgan fingerprint density at radius 2 is 1.79 bits per heavy atom. The Hall–Kier alpha value is -2.99. The molecule has 2 aromatic carbocycles. The van der Waals surface area contributed by atoms with Crippen molar-refractivity contribution in [3.8, 4) is 11.3 Å². The molecule has 1 aromatic heterocycles. The molecule has 2 aliphatic carbocycles. The van der Waals surface area contributed by atoms with E-state index >= 15 is 0 Å². The van der Waals surface area contributed by atoms with Gasteiger partial charge in [0, 0.05) is 10.9 Å². The zero-order valence-electron chi connectivity index (χ0n) is 14.9. The highest BCUT2D eigenvalue weighted by atomic mass is 32.1. The Morgan fingerprint density at radius 1 is 1.04 bits per heavy atom. The van der Waals surface area contributed by atoms with Crippen molar-refractivity contribution < 1.29 is 14.7 Å². The maximum absolute atomic E-state index is 12.8. The molecule has 2 aliphatic rings. The van der Waals surface area contributed by atoms with Crippen LogP contribution in [-0.2, 0) is 9.59 Å². The summed E-state index contributed by atoms with van der Waals surface area (Å²) in [6.07, 6.45) is 4.67. The second-order valence-corrected chi connectivity index (χ2v) is 8.25. The van der Waals surface area contributed by atoms with Crippen LogP contribution < -0.4 is 5.32 Å². The molecule has 2 N–H and O–H groups in total. The average Bonchev–Trinajstić information content (AvgIpc) is 3.43. The fourth-order valence-corrected chi connectivity index (χ4v) is 5.32. The number of nitrogens with one attached hydrogen (secondary N) is 1. The standard InChI is InChI=1S/C22H18N2O3S/c25-20(18-13-8-9-14(10-13)19(18)21(26)27)24-22-23-17(11-28-22)16-7-3-5-12-4-1-2-6-15(12)16/h1-9,11,13-14,18-19H,10H2,(H,26,27)(H,23,24,25). The molecule has 1 amide bonds. The topological polar surface area (TPSA) is 79.3 Å². The van der Waals surface area contributed by atoms with Crippen molar-refractivity contribution >= 4 is 39.1 Å². The van der Waals surface area contributed by atoms with Gasteiger partial charge in [0.15, 0.2) is 5.13 Å². The number of hydrogen-bond donors (Lipinski definition) is 2. The van der Waals surface area contributed by atoms with Crippen LogP contribution in [0.25, 0.3) is 22.0 Å². The SMILES string of the molecule is O=C(O)C1C2C=CC(C2)C1C(=O)Nc1nc(-c2cccc3ccccc23)cs1. The molecule has 1 saturated carbocycles. The summed E-state index contributed by atoms with van der Waals surface area (Å²) in [7, 11) is 0. The highest BCUT2D eigenvalue weighted by molar-refractivity contribution is 7.14. The molecule has 0 spiro atoms. The fraction of sp³-hybridized carbons (Fsp3) is 0.227. The van der Waals surface area contributed by atoms with Crippen LogP contribution in [0.5, 0.6) is 0 Å². The van der Waals surface area contributed by atoms with Crippen LogP contribution in [0.15, 0.2) is 60.0 Å². The molecule has 1 fully saturated rings. The number of carbonyl (C=O) groups excluding carboxylic acids is 1. The summed E-state index contributed by atoms with van der Waals surface area (Å²) in [6.45, 7) is 0. The first-order valence-electron chi connectivity index (χ1n) is 9.27. The van der Waals surface area contributed by atoms with Gasteiger partial charge in [0.05, 0.1) is 17.5 Å². The first-order chi connectivity index (χ1) is 13.6. The highest BCUT2D eigenvalue weighted by Gasteiger charge is 2.51. The zero-order valence-corrected chi connectivity index (χ0v) is 15.7. The maximum Gasteiger partial charge on any atom is 0.307 e. The van der Waals surface area contributed by atoms with Crippen molar-refractivity contribution in [3.05, 3.63) is 60.0 Å². The Labute approximate surface area is 165 Å². The van der Waals surface area contributed by atoms with E-state index in [1.165, 1.54) is 11.3 Å². The van der Waals surface area contributed by atoms with Crippen molar-refractivity contribution in [2.75, 3.05) is 5.32 Å². The van der Waals surface area contributed by atoms with E-state index in [0.717, 1.165) is 28.5 Å². The van der Waals surface area contributed by atoms with Gasteiger partial charge in [-0.05, 0) is 29.0 Å². The Kier molecular flexibility index (Phi) is 4.02. The predicted octanol–water partition coefficient (Wildman–Crippen LogP) is 4.42. The summed E-state index contributed by atoms with van der Waals surface area (Å²) in [4.78, 5) is 29.1. The summed E-state index contributed by atoms with van der Waals surface area (Å²) in [5.74, 6) is -2.36. The van der Waals surface area contributed by atoms with Crippen LogP contribution in [0.1, 0.15) is 6.42 Å². The molecule has 4 atom stereocenters. The van der Waals surface area contributed by atoms with Crippen molar-refractivity contribution in [1.29, 1.82) is 0 Å². The molecule has 28 heavy (non-hydrogen) atoms. The molecule has 3 aromatic rings. The summed E-state index contributed by atoms with van der Waals surface area (Å²) in [5.41, 5.74) is 1.82. The van der Waals surface area contributed by atoms with Gasteiger partial charge in [-0.25, -0.2) is 4.98 Å². The van der Waals surface area contributed by atoms with E-state index < -0.39 is 17.8 Å². The van der Waals surface area contributed by atoms with Gasteiger partial charge in [-0.15, -0.1) is 11.3 Å². The number of carboxylic acid groups (broad SMARTS) is 1. The summed E-state index contributed by atoms with van der Waals surface area (Å²) >= 11 is 1.36. The molecule has 140 valence electrons. The summed E-state index contributed by atoms with van der Waals surface area (Å²) in [6, 6.07) is 14.2. The van der Waals surface area contributed by atoms with E-state index in [4.69, 9.17) is 0 Å². The average molecular weight is 390 g/mol. The van der Waals surface area contributed by atoms with Crippen LogP contribution in [0, 0.1) is 23.7 Å². The van der Waals surface area contributed by atoms with E-state index in [0.29, 0.717) is 5.13 Å². The lowest BCUT2D eigenvalue weighted by Gasteiger charge is -2.23. The summed E-state index contributed by atoms with van der Waals surface area (Å²) < 4.78 is 0. The fourth-order valence-electron chi connectivity index (χ4n) is 4.61. The van der Waals surface area contributed by atoms with Crippen molar-refractivity contribution in [2.24, 2.45) is 23.7 Å². The van der Waals surface area contributed by atoms with Gasteiger partial charge in [0.25, 0.3) is 0 Å². The van der Waals surface area contributed by atoms with Crippen LogP contribution in [0.2, 0.25) is 0 Å². The lowest BCUT2D eigenvalue weighted by Crippen LogP contribution is -2.36. The number of allylic oxidation sites excluding steroid dienone is 2. The normalized spacial score (nSPS) is 25.3. The lowest BCUT2D eigenvalue weighted by molar-refractivity contribution is -0.146. The second-order valence-electron chi connectivity index (χ2n) is 7.39. The van der Waals surface area contributed by atoms with Crippen molar-refractivity contribution in [2.45, 2.75) is 6.42 Å². The van der Waals surface area contributed by atoms with Crippen molar-refractivity contribution in [3.63, 3.8) is 0 Å². The molecule has 6 heteroatoms. The van der Waals surface area contributed by atoms with Gasteiger partial charge >= 0.3 is 5.97 Å². The summed E-state index contributed by atoms with van der Waals surface area (Å²) in [5, 5.41) is 17.1. The second kappa shape index (κ2) is 6.56. The number of amides is 1. The van der Waals surface area contributed by atoms with Gasteiger partial charge in [0.1, 0.15) is 0 Å². The van der Waals surface area contributed by atoms with Gasteiger partial charge in [-0.2, -0.15) is 0 Å². The number of aromatic nitrogens is 1. The van der Waals surface area contributed by atoms with E-state index in [1.54, 1.807) is 0 Å². The minimum Gasteiger partial charge on any atom is -0.481 e. The number of nitrogens with zero attached hydrogens (tertiary/aromatic N) is 1. The van der Waals surface area contributed by atoms with E-state index in [2.05, 4.69) is 28.5 Å². The quantitative estimate of drug-likeness (QED) is 0.646.